The highest BCUT2D eigenvalue weighted by Crippen LogP contribution is 2.22. The Labute approximate surface area is 164 Å². The Kier molecular flexibility index (Phi) is 6.42. The molecule has 0 saturated heterocycles. The monoisotopic (exact) mass is 381 g/mol. The third-order valence-corrected chi connectivity index (χ3v) is 4.71. The van der Waals surface area contributed by atoms with E-state index >= 15 is 0 Å². The van der Waals surface area contributed by atoms with E-state index in [0.29, 0.717) is 36.9 Å². The number of benzene rings is 2. The molecule has 2 aromatic rings. The first kappa shape index (κ1) is 19.6. The van der Waals surface area contributed by atoms with Gasteiger partial charge >= 0.3 is 5.97 Å². The van der Waals surface area contributed by atoms with Crippen LogP contribution in [0.3, 0.4) is 0 Å². The number of nitrogens with zero attached hydrogens (tertiary/aromatic N) is 1. The van der Waals surface area contributed by atoms with Crippen molar-refractivity contribution >= 4 is 17.8 Å². The second kappa shape index (κ2) is 9.17. The minimum Gasteiger partial charge on any atom is -0.496 e. The number of hydrogen-bond acceptors (Lipinski definition) is 5. The standard InChI is InChI=1S/C22H23NO5/c1-27-19-11-5-2-8-16(19)12-13-20(24)28-15-7-6-14-23-21(25)17-9-3-4-10-18(17)22(23)26/h2-5,8-11H,6-7,12-15H2,1H3. The Morgan fingerprint density at radius 3 is 2.25 bits per heavy atom. The Bertz CT molecular complexity index is 842. The van der Waals surface area contributed by atoms with Crippen LogP contribution in [0.25, 0.3) is 0 Å². The molecule has 0 radical (unpaired) electrons. The quantitative estimate of drug-likeness (QED) is 0.379. The maximum absolute atomic E-state index is 12.3. The normalized spacial score (nSPS) is 12.8. The van der Waals surface area contributed by atoms with Crippen molar-refractivity contribution in [2.75, 3.05) is 20.3 Å². The summed E-state index contributed by atoms with van der Waals surface area (Å²) in [4.78, 5) is 37.7. The molecule has 1 aliphatic heterocycles. The molecule has 2 aromatic carbocycles. The lowest BCUT2D eigenvalue weighted by Crippen LogP contribution is -2.30. The number of unbranched alkanes of at least 4 members (excludes halogenated alkanes) is 1. The van der Waals surface area contributed by atoms with Gasteiger partial charge in [-0.2, -0.15) is 0 Å². The van der Waals surface area contributed by atoms with Crippen LogP contribution in [-0.2, 0) is 16.0 Å². The summed E-state index contributed by atoms with van der Waals surface area (Å²) < 4.78 is 10.5. The lowest BCUT2D eigenvalue weighted by Gasteiger charge is -2.13. The molecule has 0 N–H and O–H groups in total. The fourth-order valence-electron chi connectivity index (χ4n) is 3.22. The minimum atomic E-state index is -0.272. The fourth-order valence-corrected chi connectivity index (χ4v) is 3.22. The summed E-state index contributed by atoms with van der Waals surface area (Å²) in [6.45, 7) is 0.596. The number of aryl methyl sites for hydroxylation is 1. The number of ether oxygens (including phenoxy) is 2. The van der Waals surface area contributed by atoms with E-state index in [2.05, 4.69) is 0 Å². The summed E-state index contributed by atoms with van der Waals surface area (Å²) in [7, 11) is 1.60. The number of carbonyl (C=O) groups is 3. The summed E-state index contributed by atoms with van der Waals surface area (Å²) in [6.07, 6.45) is 2.01. The van der Waals surface area contributed by atoms with Crippen molar-refractivity contribution in [2.45, 2.75) is 25.7 Å². The van der Waals surface area contributed by atoms with Crippen molar-refractivity contribution in [1.29, 1.82) is 0 Å². The fraction of sp³-hybridized carbons (Fsp3) is 0.318. The van der Waals surface area contributed by atoms with Gasteiger partial charge in [-0.15, -0.1) is 0 Å². The van der Waals surface area contributed by atoms with Crippen molar-refractivity contribution in [1.82, 2.24) is 4.90 Å². The number of amides is 2. The molecule has 0 fully saturated rings. The molecule has 1 aliphatic rings. The summed E-state index contributed by atoms with van der Waals surface area (Å²) in [5.41, 5.74) is 1.87. The highest BCUT2D eigenvalue weighted by atomic mass is 16.5. The summed E-state index contributed by atoms with van der Waals surface area (Å²) in [5.74, 6) is -0.0216. The second-order valence-corrected chi connectivity index (χ2v) is 6.55. The summed E-state index contributed by atoms with van der Waals surface area (Å²) in [5, 5.41) is 0. The molecule has 0 unspecified atom stereocenters. The van der Waals surface area contributed by atoms with E-state index in [0.717, 1.165) is 11.3 Å². The van der Waals surface area contributed by atoms with E-state index in [1.54, 1.807) is 31.4 Å². The van der Waals surface area contributed by atoms with Gasteiger partial charge in [-0.3, -0.25) is 19.3 Å². The van der Waals surface area contributed by atoms with E-state index in [1.165, 1.54) is 4.90 Å². The van der Waals surface area contributed by atoms with E-state index in [9.17, 15) is 14.4 Å². The van der Waals surface area contributed by atoms with Gasteiger partial charge < -0.3 is 9.47 Å². The molecule has 6 heteroatoms. The minimum absolute atomic E-state index is 0.255. The van der Waals surface area contributed by atoms with Crippen LogP contribution < -0.4 is 4.74 Å². The Balaban J connectivity index is 1.36. The number of para-hydroxylation sites is 1. The molecule has 0 aromatic heterocycles. The van der Waals surface area contributed by atoms with Crippen LogP contribution >= 0.6 is 0 Å². The molecule has 0 aliphatic carbocycles. The number of methoxy groups -OCH3 is 1. The van der Waals surface area contributed by atoms with Gasteiger partial charge in [-0.05, 0) is 43.0 Å². The third kappa shape index (κ3) is 4.39. The van der Waals surface area contributed by atoms with Crippen molar-refractivity contribution in [3.05, 3.63) is 65.2 Å². The zero-order valence-electron chi connectivity index (χ0n) is 15.8. The number of hydrogen-bond donors (Lipinski definition) is 0. The molecule has 1 heterocycles. The first-order chi connectivity index (χ1) is 13.6. The molecular weight excluding hydrogens is 358 g/mol. The number of rotatable bonds is 9. The van der Waals surface area contributed by atoms with Crippen LogP contribution in [0.5, 0.6) is 5.75 Å². The molecule has 0 atom stereocenters. The third-order valence-electron chi connectivity index (χ3n) is 4.71. The molecule has 6 nitrogen and oxygen atoms in total. The van der Waals surface area contributed by atoms with Crippen LogP contribution in [0.15, 0.2) is 48.5 Å². The van der Waals surface area contributed by atoms with Crippen LogP contribution in [0.1, 0.15) is 45.5 Å². The van der Waals surface area contributed by atoms with Crippen molar-refractivity contribution < 1.29 is 23.9 Å². The molecule has 2 amide bonds. The Hall–Kier alpha value is -3.15. The van der Waals surface area contributed by atoms with Crippen molar-refractivity contribution in [2.24, 2.45) is 0 Å². The zero-order valence-corrected chi connectivity index (χ0v) is 15.8. The average molecular weight is 381 g/mol. The van der Waals surface area contributed by atoms with Gasteiger partial charge in [-0.25, -0.2) is 0 Å². The van der Waals surface area contributed by atoms with Crippen LogP contribution in [-0.4, -0.2) is 42.9 Å². The van der Waals surface area contributed by atoms with Gasteiger partial charge in [0.2, 0.25) is 0 Å². The van der Waals surface area contributed by atoms with Gasteiger partial charge in [0.25, 0.3) is 11.8 Å². The van der Waals surface area contributed by atoms with Crippen molar-refractivity contribution in [3.63, 3.8) is 0 Å². The SMILES string of the molecule is COc1ccccc1CCC(=O)OCCCCN1C(=O)c2ccccc2C1=O. The average Bonchev–Trinajstić information content (AvgIpc) is 2.97. The van der Waals surface area contributed by atoms with Crippen molar-refractivity contribution in [3.8, 4) is 5.75 Å². The molecule has 0 spiro atoms. The van der Waals surface area contributed by atoms with Crippen LogP contribution in [0, 0.1) is 0 Å². The lowest BCUT2D eigenvalue weighted by molar-refractivity contribution is -0.143. The highest BCUT2D eigenvalue weighted by Gasteiger charge is 2.34. The highest BCUT2D eigenvalue weighted by molar-refractivity contribution is 6.21. The lowest BCUT2D eigenvalue weighted by atomic mass is 10.1. The smallest absolute Gasteiger partial charge is 0.306 e. The molecule has 0 bridgehead atoms. The summed E-state index contributed by atoms with van der Waals surface area (Å²) >= 11 is 0. The molecule has 3 rings (SSSR count). The maximum Gasteiger partial charge on any atom is 0.306 e. The van der Waals surface area contributed by atoms with Gasteiger partial charge in [0.1, 0.15) is 5.75 Å². The molecule has 0 saturated carbocycles. The van der Waals surface area contributed by atoms with E-state index in [-0.39, 0.29) is 30.8 Å². The first-order valence-electron chi connectivity index (χ1n) is 9.34. The van der Waals surface area contributed by atoms with Crippen LogP contribution in [0.4, 0.5) is 0 Å². The van der Waals surface area contributed by atoms with Gasteiger partial charge in [0.15, 0.2) is 0 Å². The Morgan fingerprint density at radius 2 is 1.57 bits per heavy atom. The number of carbonyl (C=O) groups excluding carboxylic acids is 3. The largest absolute Gasteiger partial charge is 0.496 e. The number of fused-ring (bicyclic) bond motifs is 1. The number of esters is 1. The first-order valence-corrected chi connectivity index (χ1v) is 9.34. The van der Waals surface area contributed by atoms with Crippen LogP contribution in [0.2, 0.25) is 0 Å². The molecule has 146 valence electrons. The topological polar surface area (TPSA) is 72.9 Å². The van der Waals surface area contributed by atoms with E-state index in [4.69, 9.17) is 9.47 Å². The van der Waals surface area contributed by atoms with Gasteiger partial charge in [0, 0.05) is 13.0 Å². The van der Waals surface area contributed by atoms with Gasteiger partial charge in [0.05, 0.1) is 24.8 Å². The maximum atomic E-state index is 12.3. The van der Waals surface area contributed by atoms with Gasteiger partial charge in [-0.1, -0.05) is 30.3 Å². The molecular formula is C22H23NO5. The Morgan fingerprint density at radius 1 is 0.929 bits per heavy atom. The predicted molar refractivity (Wildman–Crippen MR) is 103 cm³/mol. The van der Waals surface area contributed by atoms with E-state index in [1.807, 2.05) is 24.3 Å². The second-order valence-electron chi connectivity index (χ2n) is 6.55. The molecule has 28 heavy (non-hydrogen) atoms. The van der Waals surface area contributed by atoms with E-state index < -0.39 is 0 Å². The summed E-state index contributed by atoms with van der Waals surface area (Å²) in [6, 6.07) is 14.4. The zero-order chi connectivity index (χ0) is 19.9. The predicted octanol–water partition coefficient (Wildman–Crippen LogP) is 3.25. The number of imide groups is 1.